The molecule has 0 spiro atoms. The second-order valence-corrected chi connectivity index (χ2v) is 5.04. The third kappa shape index (κ3) is 4.56. The molecular weight excluding hydrogens is 337 g/mol. The maximum Gasteiger partial charge on any atom is 0.319 e. The number of carbonyl (C=O) groups excluding carboxylic acids is 1. The van der Waals surface area contributed by atoms with E-state index in [2.05, 4.69) is 10.6 Å². The number of amides is 2. The zero-order chi connectivity index (χ0) is 18.4. The minimum Gasteiger partial charge on any atom is -0.493 e. The van der Waals surface area contributed by atoms with E-state index in [1.54, 1.807) is 12.1 Å². The predicted molar refractivity (Wildman–Crippen MR) is 86.6 cm³/mol. The zero-order valence-electron chi connectivity index (χ0n) is 13.7. The number of hydrogen-bond acceptors (Lipinski definition) is 3. The highest BCUT2D eigenvalue weighted by molar-refractivity contribution is 5.89. The van der Waals surface area contributed by atoms with Gasteiger partial charge in [-0.15, -0.1) is 0 Å². The van der Waals surface area contributed by atoms with Crippen LogP contribution in [0.25, 0.3) is 0 Å². The SMILES string of the molecule is COc1ccc(CCNC(=O)Nc2ccc(F)c(F)c2F)cc1OC. The first-order valence-electron chi connectivity index (χ1n) is 7.35. The van der Waals surface area contributed by atoms with Crippen molar-refractivity contribution in [3.8, 4) is 11.5 Å². The molecule has 0 unspecified atom stereocenters. The molecular formula is C17H17F3N2O3. The molecule has 0 heterocycles. The summed E-state index contributed by atoms with van der Waals surface area (Å²) in [4.78, 5) is 11.7. The fourth-order valence-electron chi connectivity index (χ4n) is 2.15. The van der Waals surface area contributed by atoms with Gasteiger partial charge in [0.25, 0.3) is 0 Å². The Balaban J connectivity index is 1.90. The van der Waals surface area contributed by atoms with Crippen LogP contribution in [-0.4, -0.2) is 26.8 Å². The highest BCUT2D eigenvalue weighted by Gasteiger charge is 2.15. The first-order chi connectivity index (χ1) is 12.0. The van der Waals surface area contributed by atoms with Crippen molar-refractivity contribution in [3.63, 3.8) is 0 Å². The number of rotatable bonds is 6. The van der Waals surface area contributed by atoms with Gasteiger partial charge in [-0.2, -0.15) is 0 Å². The van der Waals surface area contributed by atoms with E-state index in [1.807, 2.05) is 6.07 Å². The zero-order valence-corrected chi connectivity index (χ0v) is 13.7. The maximum atomic E-state index is 13.5. The van der Waals surface area contributed by atoms with Gasteiger partial charge in [-0.05, 0) is 36.2 Å². The van der Waals surface area contributed by atoms with E-state index in [0.717, 1.165) is 17.7 Å². The summed E-state index contributed by atoms with van der Waals surface area (Å²) in [7, 11) is 3.05. The van der Waals surface area contributed by atoms with Crippen LogP contribution in [0.4, 0.5) is 23.7 Å². The van der Waals surface area contributed by atoms with Crippen LogP contribution < -0.4 is 20.1 Å². The second-order valence-electron chi connectivity index (χ2n) is 5.04. The van der Waals surface area contributed by atoms with Gasteiger partial charge in [-0.25, -0.2) is 18.0 Å². The van der Waals surface area contributed by atoms with Crippen molar-refractivity contribution in [2.75, 3.05) is 26.1 Å². The number of hydrogen-bond donors (Lipinski definition) is 2. The summed E-state index contributed by atoms with van der Waals surface area (Å²) in [5, 5.41) is 4.63. The molecule has 25 heavy (non-hydrogen) atoms. The first-order valence-corrected chi connectivity index (χ1v) is 7.35. The van der Waals surface area contributed by atoms with Gasteiger partial charge in [0.05, 0.1) is 19.9 Å². The minimum atomic E-state index is -1.64. The molecule has 2 aromatic carbocycles. The summed E-state index contributed by atoms with van der Waals surface area (Å²) >= 11 is 0. The van der Waals surface area contributed by atoms with Crippen LogP contribution >= 0.6 is 0 Å². The van der Waals surface area contributed by atoms with Crippen molar-refractivity contribution in [3.05, 3.63) is 53.3 Å². The van der Waals surface area contributed by atoms with Crippen LogP contribution in [0, 0.1) is 17.5 Å². The summed E-state index contributed by atoms with van der Waals surface area (Å²) in [5.74, 6) is -3.26. The van der Waals surface area contributed by atoms with Crippen LogP contribution in [0.15, 0.2) is 30.3 Å². The van der Waals surface area contributed by atoms with Crippen LogP contribution in [0.5, 0.6) is 11.5 Å². The van der Waals surface area contributed by atoms with Crippen LogP contribution in [0.1, 0.15) is 5.56 Å². The summed E-state index contributed by atoms with van der Waals surface area (Å²) in [6.07, 6.45) is 0.480. The molecule has 134 valence electrons. The third-order valence-electron chi connectivity index (χ3n) is 3.43. The van der Waals surface area contributed by atoms with Crippen LogP contribution in [-0.2, 0) is 6.42 Å². The first kappa shape index (κ1) is 18.4. The Labute approximate surface area is 142 Å². The molecule has 0 saturated heterocycles. The van der Waals surface area contributed by atoms with E-state index < -0.39 is 29.2 Å². The highest BCUT2D eigenvalue weighted by Crippen LogP contribution is 2.27. The Morgan fingerprint density at radius 3 is 2.40 bits per heavy atom. The van der Waals surface area contributed by atoms with Crippen molar-refractivity contribution in [1.29, 1.82) is 0 Å². The van der Waals surface area contributed by atoms with Crippen molar-refractivity contribution >= 4 is 11.7 Å². The number of carbonyl (C=O) groups is 1. The van der Waals surface area contributed by atoms with E-state index in [-0.39, 0.29) is 6.54 Å². The van der Waals surface area contributed by atoms with Gasteiger partial charge < -0.3 is 20.1 Å². The Kier molecular flexibility index (Phi) is 6.10. The lowest BCUT2D eigenvalue weighted by atomic mass is 10.1. The molecule has 2 aromatic rings. The van der Waals surface area contributed by atoms with E-state index in [9.17, 15) is 18.0 Å². The molecule has 2 amide bonds. The van der Waals surface area contributed by atoms with Crippen LogP contribution in [0.2, 0.25) is 0 Å². The molecule has 0 aliphatic carbocycles. The number of nitrogens with one attached hydrogen (secondary N) is 2. The largest absolute Gasteiger partial charge is 0.493 e. The highest BCUT2D eigenvalue weighted by atomic mass is 19.2. The number of anilines is 1. The number of methoxy groups -OCH3 is 2. The lowest BCUT2D eigenvalue weighted by molar-refractivity contribution is 0.252. The third-order valence-corrected chi connectivity index (χ3v) is 3.43. The summed E-state index contributed by atoms with van der Waals surface area (Å²) in [5.41, 5.74) is 0.444. The summed E-state index contributed by atoms with van der Waals surface area (Å²) in [6, 6.07) is 6.28. The van der Waals surface area contributed by atoms with Crippen molar-refractivity contribution < 1.29 is 27.4 Å². The topological polar surface area (TPSA) is 59.6 Å². The molecule has 5 nitrogen and oxygen atoms in total. The van der Waals surface area contributed by atoms with Crippen molar-refractivity contribution in [1.82, 2.24) is 5.32 Å². The summed E-state index contributed by atoms with van der Waals surface area (Å²) < 4.78 is 49.7. The molecule has 0 aliphatic heterocycles. The Hall–Kier alpha value is -2.90. The molecule has 0 atom stereocenters. The molecule has 0 bridgehead atoms. The van der Waals surface area contributed by atoms with E-state index >= 15 is 0 Å². The predicted octanol–water partition coefficient (Wildman–Crippen LogP) is 3.49. The Bertz CT molecular complexity index is 769. The Morgan fingerprint density at radius 1 is 1.00 bits per heavy atom. The van der Waals surface area contributed by atoms with E-state index in [1.165, 1.54) is 14.2 Å². The molecule has 0 aliphatic rings. The average Bonchev–Trinajstić information content (AvgIpc) is 2.62. The lowest BCUT2D eigenvalue weighted by Gasteiger charge is -2.11. The van der Waals surface area contributed by atoms with Gasteiger partial charge in [0, 0.05) is 6.54 Å². The van der Waals surface area contributed by atoms with Crippen molar-refractivity contribution in [2.45, 2.75) is 6.42 Å². The monoisotopic (exact) mass is 354 g/mol. The molecule has 0 fully saturated rings. The van der Waals surface area contributed by atoms with Gasteiger partial charge in [-0.3, -0.25) is 0 Å². The number of halogens is 3. The summed E-state index contributed by atoms with van der Waals surface area (Å²) in [6.45, 7) is 0.243. The van der Waals surface area contributed by atoms with Gasteiger partial charge in [0.2, 0.25) is 0 Å². The van der Waals surface area contributed by atoms with E-state index in [4.69, 9.17) is 9.47 Å². The smallest absolute Gasteiger partial charge is 0.319 e. The van der Waals surface area contributed by atoms with Gasteiger partial charge in [0.1, 0.15) is 0 Å². The average molecular weight is 354 g/mol. The minimum absolute atomic E-state index is 0.243. The molecule has 2 N–H and O–H groups in total. The number of urea groups is 1. The number of ether oxygens (including phenoxy) is 2. The van der Waals surface area contributed by atoms with Gasteiger partial charge >= 0.3 is 6.03 Å². The fraction of sp³-hybridized carbons (Fsp3) is 0.235. The molecule has 0 aromatic heterocycles. The van der Waals surface area contributed by atoms with Gasteiger partial charge in [-0.1, -0.05) is 6.07 Å². The normalized spacial score (nSPS) is 10.3. The number of benzene rings is 2. The lowest BCUT2D eigenvalue weighted by Crippen LogP contribution is -2.30. The molecule has 0 saturated carbocycles. The fourth-order valence-corrected chi connectivity index (χ4v) is 2.15. The van der Waals surface area contributed by atoms with Crippen LogP contribution in [0.3, 0.4) is 0 Å². The van der Waals surface area contributed by atoms with Gasteiger partial charge in [0.15, 0.2) is 29.0 Å². The van der Waals surface area contributed by atoms with Crippen molar-refractivity contribution in [2.24, 2.45) is 0 Å². The molecule has 8 heteroatoms. The molecule has 0 radical (unpaired) electrons. The Morgan fingerprint density at radius 2 is 1.72 bits per heavy atom. The van der Waals surface area contributed by atoms with E-state index in [0.29, 0.717) is 17.9 Å². The molecule has 2 rings (SSSR count). The second kappa shape index (κ2) is 8.27. The quantitative estimate of drug-likeness (QED) is 0.781. The standard InChI is InChI=1S/C17H17F3N2O3/c1-24-13-6-3-10(9-14(13)25-2)7-8-21-17(23)22-12-5-4-11(18)15(19)16(12)20/h3-6,9H,7-8H2,1-2H3,(H2,21,22,23). The maximum absolute atomic E-state index is 13.5.